The van der Waals surface area contributed by atoms with Gasteiger partial charge in [-0.25, -0.2) is 15.0 Å². The van der Waals surface area contributed by atoms with E-state index in [2.05, 4.69) is 26.8 Å². The molecule has 2 aliphatic heterocycles. The Morgan fingerprint density at radius 1 is 1.04 bits per heavy atom. The molecule has 2 aromatic heterocycles. The number of carbonyl (C=O) groups excluding carboxylic acids is 1. The Balaban J connectivity index is 1.52. The summed E-state index contributed by atoms with van der Waals surface area (Å²) >= 11 is 0. The number of carbonyl (C=O) groups is 1. The van der Waals surface area contributed by atoms with Gasteiger partial charge in [0.2, 0.25) is 0 Å². The summed E-state index contributed by atoms with van der Waals surface area (Å²) in [7, 11) is 0. The summed E-state index contributed by atoms with van der Waals surface area (Å²) in [6, 6.07) is 1.97. The molecule has 0 atom stereocenters. The number of nitrogens with zero attached hydrogens (tertiary/aromatic N) is 6. The topological polar surface area (TPSA) is 67.2 Å². The van der Waals surface area contributed by atoms with Gasteiger partial charge in [-0.1, -0.05) is 6.92 Å². The van der Waals surface area contributed by atoms with Crippen molar-refractivity contribution in [2.45, 2.75) is 32.6 Å². The van der Waals surface area contributed by atoms with Crippen LogP contribution in [0.1, 0.15) is 43.1 Å². The van der Waals surface area contributed by atoms with Crippen molar-refractivity contribution >= 4 is 11.7 Å². The summed E-state index contributed by atoms with van der Waals surface area (Å²) in [4.78, 5) is 29.7. The third kappa shape index (κ3) is 3.36. The fourth-order valence-electron chi connectivity index (χ4n) is 3.53. The van der Waals surface area contributed by atoms with Gasteiger partial charge in [-0.2, -0.15) is 0 Å². The van der Waals surface area contributed by atoms with E-state index in [9.17, 15) is 4.79 Å². The van der Waals surface area contributed by atoms with E-state index in [0.29, 0.717) is 5.69 Å². The highest BCUT2D eigenvalue weighted by atomic mass is 16.2. The molecule has 0 aliphatic carbocycles. The van der Waals surface area contributed by atoms with Gasteiger partial charge in [-0.15, -0.1) is 0 Å². The van der Waals surface area contributed by atoms with Crippen molar-refractivity contribution < 1.29 is 4.79 Å². The van der Waals surface area contributed by atoms with Gasteiger partial charge in [0.05, 0.1) is 0 Å². The van der Waals surface area contributed by atoms with Crippen LogP contribution >= 0.6 is 0 Å². The van der Waals surface area contributed by atoms with E-state index in [1.807, 2.05) is 11.0 Å². The van der Waals surface area contributed by atoms with Crippen molar-refractivity contribution in [1.82, 2.24) is 24.4 Å². The Kier molecular flexibility index (Phi) is 4.38. The molecule has 0 N–H and O–H groups in total. The van der Waals surface area contributed by atoms with E-state index in [1.54, 1.807) is 23.4 Å². The van der Waals surface area contributed by atoms with E-state index in [1.165, 1.54) is 12.8 Å². The molecule has 1 amide bonds. The predicted octanol–water partition coefficient (Wildman–Crippen LogP) is 2.13. The molecule has 0 spiro atoms. The average Bonchev–Trinajstić information content (AvgIpc) is 3.34. The maximum Gasteiger partial charge on any atom is 0.274 e. The van der Waals surface area contributed by atoms with E-state index in [0.717, 1.165) is 56.6 Å². The van der Waals surface area contributed by atoms with Crippen LogP contribution < -0.4 is 4.90 Å². The minimum Gasteiger partial charge on any atom is -0.356 e. The van der Waals surface area contributed by atoms with Crippen LogP contribution in [0.2, 0.25) is 0 Å². The summed E-state index contributed by atoms with van der Waals surface area (Å²) in [6.45, 7) is 6.01. The van der Waals surface area contributed by atoms with E-state index < -0.39 is 0 Å². The van der Waals surface area contributed by atoms with Gasteiger partial charge in [-0.05, 0) is 31.6 Å². The van der Waals surface area contributed by atoms with Crippen LogP contribution in [0, 0.1) is 5.92 Å². The van der Waals surface area contributed by atoms with Gasteiger partial charge in [0.15, 0.2) is 0 Å². The van der Waals surface area contributed by atoms with Crippen LogP contribution in [-0.2, 0) is 0 Å². The van der Waals surface area contributed by atoms with Crippen molar-refractivity contribution in [2.75, 3.05) is 31.1 Å². The van der Waals surface area contributed by atoms with Crippen LogP contribution in [0.15, 0.2) is 24.9 Å². The van der Waals surface area contributed by atoms with Crippen molar-refractivity contribution in [1.29, 1.82) is 0 Å². The molecule has 4 heterocycles. The Morgan fingerprint density at radius 3 is 2.52 bits per heavy atom. The fourth-order valence-corrected chi connectivity index (χ4v) is 3.53. The molecule has 0 saturated carbocycles. The predicted molar refractivity (Wildman–Crippen MR) is 94.9 cm³/mol. The minimum absolute atomic E-state index is 0.00977. The second-order valence-corrected chi connectivity index (χ2v) is 7.07. The molecule has 0 bridgehead atoms. The second kappa shape index (κ2) is 6.82. The number of aromatic nitrogens is 4. The Bertz CT molecular complexity index is 744. The van der Waals surface area contributed by atoms with Crippen molar-refractivity contribution in [3.63, 3.8) is 0 Å². The summed E-state index contributed by atoms with van der Waals surface area (Å²) in [5.41, 5.74) is 0.480. The first-order valence-electron chi connectivity index (χ1n) is 9.11. The quantitative estimate of drug-likeness (QED) is 0.856. The lowest BCUT2D eigenvalue weighted by Crippen LogP contribution is -2.33. The molecular formula is C18H24N6O. The first kappa shape index (κ1) is 16.1. The molecule has 4 rings (SSSR count). The number of likely N-dealkylation sites (tertiary alicyclic amines) is 1. The Hall–Kier alpha value is -2.44. The third-order valence-corrected chi connectivity index (χ3v) is 5.21. The Morgan fingerprint density at radius 2 is 1.76 bits per heavy atom. The zero-order valence-corrected chi connectivity index (χ0v) is 14.6. The fraction of sp³-hybridized carbons (Fsp3) is 0.556. The molecule has 132 valence electrons. The van der Waals surface area contributed by atoms with Gasteiger partial charge in [0.1, 0.15) is 30.0 Å². The lowest BCUT2D eigenvalue weighted by molar-refractivity contribution is 0.0787. The standard InChI is InChI=1S/C18H24N6O/c1-14-4-8-22(9-5-14)16-10-17(20-12-19-16)24-11-15(21-13-24)18(25)23-6-2-3-7-23/h10-14H,2-9H2,1H3. The largest absolute Gasteiger partial charge is 0.356 e. The molecule has 7 heteroatoms. The molecule has 0 radical (unpaired) electrons. The summed E-state index contributed by atoms with van der Waals surface area (Å²) in [5, 5.41) is 0. The highest BCUT2D eigenvalue weighted by molar-refractivity contribution is 5.92. The number of hydrogen-bond donors (Lipinski definition) is 0. The number of amides is 1. The van der Waals surface area contributed by atoms with Gasteiger partial charge < -0.3 is 9.80 Å². The number of hydrogen-bond acceptors (Lipinski definition) is 5. The van der Waals surface area contributed by atoms with Crippen molar-refractivity contribution in [2.24, 2.45) is 5.92 Å². The van der Waals surface area contributed by atoms with Crippen LogP contribution in [-0.4, -0.2) is 56.5 Å². The van der Waals surface area contributed by atoms with E-state index in [4.69, 9.17) is 0 Å². The number of piperidine rings is 1. The van der Waals surface area contributed by atoms with Crippen LogP contribution in [0.5, 0.6) is 0 Å². The van der Waals surface area contributed by atoms with Gasteiger partial charge in [-0.3, -0.25) is 9.36 Å². The lowest BCUT2D eigenvalue weighted by atomic mass is 9.99. The molecule has 2 aliphatic rings. The SMILES string of the molecule is CC1CCN(c2cc(-n3cnc(C(=O)N4CCCC4)c3)ncn2)CC1. The minimum atomic E-state index is 0.00977. The molecule has 0 aromatic carbocycles. The smallest absolute Gasteiger partial charge is 0.274 e. The number of rotatable bonds is 3. The van der Waals surface area contributed by atoms with Crippen LogP contribution in [0.3, 0.4) is 0 Å². The maximum atomic E-state index is 12.4. The summed E-state index contributed by atoms with van der Waals surface area (Å²) in [5.74, 6) is 2.48. The zero-order valence-electron chi connectivity index (χ0n) is 14.6. The number of anilines is 1. The molecular weight excluding hydrogens is 316 g/mol. The monoisotopic (exact) mass is 340 g/mol. The molecule has 7 nitrogen and oxygen atoms in total. The van der Waals surface area contributed by atoms with Crippen molar-refractivity contribution in [3.05, 3.63) is 30.6 Å². The van der Waals surface area contributed by atoms with Gasteiger partial charge in [0.25, 0.3) is 5.91 Å². The number of imidazole rings is 1. The van der Waals surface area contributed by atoms with E-state index >= 15 is 0 Å². The first-order valence-corrected chi connectivity index (χ1v) is 9.11. The average molecular weight is 340 g/mol. The van der Waals surface area contributed by atoms with E-state index in [-0.39, 0.29) is 5.91 Å². The van der Waals surface area contributed by atoms with Gasteiger partial charge >= 0.3 is 0 Å². The normalized spacial score (nSPS) is 18.8. The highest BCUT2D eigenvalue weighted by Crippen LogP contribution is 2.22. The molecule has 0 unspecified atom stereocenters. The maximum absolute atomic E-state index is 12.4. The molecule has 2 fully saturated rings. The summed E-state index contributed by atoms with van der Waals surface area (Å²) < 4.78 is 1.81. The van der Waals surface area contributed by atoms with Crippen molar-refractivity contribution in [3.8, 4) is 5.82 Å². The highest BCUT2D eigenvalue weighted by Gasteiger charge is 2.22. The zero-order chi connectivity index (χ0) is 17.2. The molecule has 2 aromatic rings. The van der Waals surface area contributed by atoms with Crippen LogP contribution in [0.4, 0.5) is 5.82 Å². The van der Waals surface area contributed by atoms with Gasteiger partial charge in [0, 0.05) is 38.4 Å². The second-order valence-electron chi connectivity index (χ2n) is 7.07. The third-order valence-electron chi connectivity index (χ3n) is 5.21. The lowest BCUT2D eigenvalue weighted by Gasteiger charge is -2.31. The summed E-state index contributed by atoms with van der Waals surface area (Å²) in [6.07, 6.45) is 9.56. The first-order chi connectivity index (χ1) is 12.2. The van der Waals surface area contributed by atoms with Crippen LogP contribution in [0.25, 0.3) is 5.82 Å². The molecule has 2 saturated heterocycles. The Labute approximate surface area is 147 Å². The molecule has 25 heavy (non-hydrogen) atoms.